The minimum absolute atomic E-state index is 0.0643. The average Bonchev–Trinajstić information content (AvgIpc) is 2.93. The number of thioether (sulfide) groups is 1. The molecule has 0 radical (unpaired) electrons. The summed E-state index contributed by atoms with van der Waals surface area (Å²) in [6.45, 7) is 2.78. The van der Waals surface area contributed by atoms with Gasteiger partial charge in [-0.2, -0.15) is 0 Å². The lowest BCUT2D eigenvalue weighted by Gasteiger charge is -2.42. The van der Waals surface area contributed by atoms with Crippen molar-refractivity contribution in [1.82, 2.24) is 14.4 Å². The van der Waals surface area contributed by atoms with Crippen molar-refractivity contribution in [1.29, 1.82) is 0 Å². The normalized spacial score (nSPS) is 24.9. The maximum atomic E-state index is 12.8. The Morgan fingerprint density at radius 3 is 2.86 bits per heavy atom. The van der Waals surface area contributed by atoms with Gasteiger partial charge in [0, 0.05) is 56.5 Å². The zero-order valence-electron chi connectivity index (χ0n) is 16.0. The number of carbonyl (C=O) groups is 2. The van der Waals surface area contributed by atoms with Crippen LogP contribution in [-0.2, 0) is 16.1 Å². The molecule has 154 valence electrons. The summed E-state index contributed by atoms with van der Waals surface area (Å²) in [5.74, 6) is -0.245. The van der Waals surface area contributed by atoms with E-state index in [1.165, 1.54) is 11.8 Å². The highest BCUT2D eigenvalue weighted by molar-refractivity contribution is 8.26. The van der Waals surface area contributed by atoms with Gasteiger partial charge in [-0.25, -0.2) is 0 Å². The number of carbonyl (C=O) groups excluding carboxylic acids is 1. The van der Waals surface area contributed by atoms with Crippen LogP contribution in [-0.4, -0.2) is 55.3 Å². The maximum Gasteiger partial charge on any atom is 0.303 e. The lowest BCUT2D eigenvalue weighted by atomic mass is 9.83. The largest absolute Gasteiger partial charge is 0.481 e. The van der Waals surface area contributed by atoms with Crippen molar-refractivity contribution >= 4 is 40.2 Å². The minimum atomic E-state index is -0.824. The molecule has 1 aromatic rings. The molecule has 3 aliphatic rings. The Labute approximate surface area is 178 Å². The molecule has 0 aromatic carbocycles. The molecule has 0 aliphatic carbocycles. The molecule has 0 spiro atoms. The van der Waals surface area contributed by atoms with Gasteiger partial charge in [0.1, 0.15) is 4.32 Å². The summed E-state index contributed by atoms with van der Waals surface area (Å²) >= 11 is 6.68. The predicted octanol–water partition coefficient (Wildman–Crippen LogP) is 2.22. The molecule has 7 nitrogen and oxygen atoms in total. The standard InChI is InChI=1S/C20H23N3O4S2/c24-17-5-3-4-15-14-8-13(10-23(15)17)9-21(11-14)12-16-19(27)22(20(28)29-16)7-2-1-6-18(25)26/h3-5,12-14H,1-2,6-11H2,(H,25,26). The molecule has 2 unspecified atom stereocenters. The molecule has 4 rings (SSSR count). The van der Waals surface area contributed by atoms with E-state index in [1.807, 2.05) is 22.9 Å². The first-order chi connectivity index (χ1) is 13.9. The second kappa shape index (κ2) is 8.31. The molecule has 2 atom stereocenters. The average molecular weight is 434 g/mol. The van der Waals surface area contributed by atoms with E-state index < -0.39 is 5.97 Å². The highest BCUT2D eigenvalue weighted by atomic mass is 32.2. The summed E-state index contributed by atoms with van der Waals surface area (Å²) in [5.41, 5.74) is 1.15. The highest BCUT2D eigenvalue weighted by Crippen LogP contribution is 2.37. The molecule has 2 bridgehead atoms. The fraction of sp³-hybridized carbons (Fsp3) is 0.500. The van der Waals surface area contributed by atoms with Gasteiger partial charge in [-0.3, -0.25) is 19.3 Å². The molecule has 4 heterocycles. The number of fused-ring (bicyclic) bond motifs is 4. The molecule has 3 aliphatic heterocycles. The van der Waals surface area contributed by atoms with E-state index >= 15 is 0 Å². The van der Waals surface area contributed by atoms with Gasteiger partial charge in [0.15, 0.2) is 0 Å². The number of hydrogen-bond acceptors (Lipinski definition) is 6. The van der Waals surface area contributed by atoms with E-state index in [1.54, 1.807) is 11.0 Å². The summed E-state index contributed by atoms with van der Waals surface area (Å²) in [4.78, 5) is 39.9. The van der Waals surface area contributed by atoms with E-state index in [0.717, 1.165) is 31.7 Å². The molecule has 2 fully saturated rings. The molecule has 2 saturated heterocycles. The summed E-state index contributed by atoms with van der Waals surface area (Å²) in [7, 11) is 0. The van der Waals surface area contributed by atoms with Crippen molar-refractivity contribution in [2.24, 2.45) is 5.92 Å². The summed E-state index contributed by atoms with van der Waals surface area (Å²) in [5, 5.41) is 8.73. The fourth-order valence-corrected chi connectivity index (χ4v) is 5.75. The van der Waals surface area contributed by atoms with Crippen molar-refractivity contribution in [2.45, 2.75) is 38.1 Å². The van der Waals surface area contributed by atoms with Crippen LogP contribution >= 0.6 is 24.0 Å². The van der Waals surface area contributed by atoms with Gasteiger partial charge in [-0.05, 0) is 31.2 Å². The number of aromatic nitrogens is 1. The minimum Gasteiger partial charge on any atom is -0.481 e. The quantitative estimate of drug-likeness (QED) is 0.418. The number of amides is 1. The van der Waals surface area contributed by atoms with Crippen LogP contribution in [0.2, 0.25) is 0 Å². The van der Waals surface area contributed by atoms with Crippen LogP contribution in [0.25, 0.3) is 0 Å². The van der Waals surface area contributed by atoms with Gasteiger partial charge in [-0.1, -0.05) is 30.0 Å². The molecule has 1 aromatic heterocycles. The van der Waals surface area contributed by atoms with Gasteiger partial charge in [0.25, 0.3) is 11.5 Å². The Kier molecular flexibility index (Phi) is 5.78. The van der Waals surface area contributed by atoms with Crippen molar-refractivity contribution in [3.63, 3.8) is 0 Å². The molecular weight excluding hydrogens is 410 g/mol. The second-order valence-electron chi connectivity index (χ2n) is 7.82. The summed E-state index contributed by atoms with van der Waals surface area (Å²) < 4.78 is 2.43. The summed E-state index contributed by atoms with van der Waals surface area (Å²) in [6, 6.07) is 5.47. The van der Waals surface area contributed by atoms with Crippen molar-refractivity contribution in [2.75, 3.05) is 19.6 Å². The predicted molar refractivity (Wildman–Crippen MR) is 115 cm³/mol. The Balaban J connectivity index is 1.43. The van der Waals surface area contributed by atoms with Crippen molar-refractivity contribution < 1.29 is 14.7 Å². The SMILES string of the molecule is O=C(O)CCCCN1C(=O)C(=CN2CC3CC(C2)c2cccc(=O)n2C3)SC1=S. The maximum absolute atomic E-state index is 12.8. The zero-order valence-corrected chi connectivity index (χ0v) is 17.6. The number of piperidine rings is 1. The number of hydrogen-bond donors (Lipinski definition) is 1. The zero-order chi connectivity index (χ0) is 20.5. The molecule has 9 heteroatoms. The second-order valence-corrected chi connectivity index (χ2v) is 9.50. The van der Waals surface area contributed by atoms with Crippen LogP contribution in [0, 0.1) is 5.92 Å². The number of carboxylic acid groups (broad SMARTS) is 1. The third-order valence-corrected chi connectivity index (χ3v) is 7.07. The first-order valence-electron chi connectivity index (χ1n) is 9.83. The number of carboxylic acids is 1. The monoisotopic (exact) mass is 433 g/mol. The molecule has 1 amide bonds. The number of aliphatic carboxylic acids is 1. The van der Waals surface area contributed by atoms with Crippen LogP contribution in [0.3, 0.4) is 0 Å². The van der Waals surface area contributed by atoms with Gasteiger partial charge in [0.2, 0.25) is 0 Å². The smallest absolute Gasteiger partial charge is 0.303 e. The van der Waals surface area contributed by atoms with Crippen LogP contribution in [0.5, 0.6) is 0 Å². The van der Waals surface area contributed by atoms with Crippen molar-refractivity contribution in [3.8, 4) is 0 Å². The van der Waals surface area contributed by atoms with Gasteiger partial charge in [-0.15, -0.1) is 0 Å². The number of nitrogens with zero attached hydrogens (tertiary/aromatic N) is 3. The van der Waals surface area contributed by atoms with E-state index in [4.69, 9.17) is 17.3 Å². The molecule has 1 N–H and O–H groups in total. The Bertz CT molecular complexity index is 942. The van der Waals surface area contributed by atoms with E-state index in [0.29, 0.717) is 34.5 Å². The lowest BCUT2D eigenvalue weighted by Crippen LogP contribution is -2.45. The van der Waals surface area contributed by atoms with E-state index in [9.17, 15) is 14.4 Å². The number of pyridine rings is 1. The first-order valence-corrected chi connectivity index (χ1v) is 11.1. The van der Waals surface area contributed by atoms with Gasteiger partial charge >= 0.3 is 5.97 Å². The van der Waals surface area contributed by atoms with Crippen LogP contribution in [0.1, 0.15) is 37.3 Å². The lowest BCUT2D eigenvalue weighted by molar-refractivity contribution is -0.137. The molecule has 0 saturated carbocycles. The number of thiocarbonyl (C=S) groups is 1. The first kappa shape index (κ1) is 20.2. The number of likely N-dealkylation sites (tertiary alicyclic amines) is 1. The number of rotatable bonds is 6. The third-order valence-electron chi connectivity index (χ3n) is 5.70. The van der Waals surface area contributed by atoms with Gasteiger partial charge < -0.3 is 14.6 Å². The Morgan fingerprint density at radius 1 is 1.24 bits per heavy atom. The highest BCUT2D eigenvalue weighted by Gasteiger charge is 2.36. The number of unbranched alkanes of at least 4 members (excludes halogenated alkanes) is 1. The van der Waals surface area contributed by atoms with Crippen molar-refractivity contribution in [3.05, 3.63) is 45.4 Å². The van der Waals surface area contributed by atoms with Crippen LogP contribution in [0.4, 0.5) is 0 Å². The molecule has 29 heavy (non-hydrogen) atoms. The van der Waals surface area contributed by atoms with E-state index in [-0.39, 0.29) is 23.8 Å². The van der Waals surface area contributed by atoms with Crippen LogP contribution in [0.15, 0.2) is 34.1 Å². The van der Waals surface area contributed by atoms with E-state index in [2.05, 4.69) is 4.90 Å². The molecular formula is C20H23N3O4S2. The Morgan fingerprint density at radius 2 is 2.07 bits per heavy atom. The Hall–Kier alpha value is -2.13. The van der Waals surface area contributed by atoms with Gasteiger partial charge in [0.05, 0.1) is 4.91 Å². The third kappa shape index (κ3) is 4.25. The van der Waals surface area contributed by atoms with Crippen LogP contribution < -0.4 is 5.56 Å². The topological polar surface area (TPSA) is 82.8 Å². The fourth-order valence-electron chi connectivity index (χ4n) is 4.43. The summed E-state index contributed by atoms with van der Waals surface area (Å²) in [6.07, 6.45) is 4.24.